The smallest absolute Gasteiger partial charge is 0.0479 e. The number of unbranched alkanes of at least 4 members (excludes halogenated alkanes) is 7. The van der Waals surface area contributed by atoms with Crippen LogP contribution in [0.1, 0.15) is 68.1 Å². The Morgan fingerprint density at radius 3 is 1.32 bits per heavy atom. The second-order valence-electron chi connectivity index (χ2n) is 10.8. The third kappa shape index (κ3) is 7.43. The molecule has 4 rings (SSSR count). The average molecular weight is 509 g/mol. The van der Waals surface area contributed by atoms with Crippen LogP contribution >= 0.6 is 7.26 Å². The zero-order valence-electron chi connectivity index (χ0n) is 23.0. The van der Waals surface area contributed by atoms with Gasteiger partial charge in [0.1, 0.15) is 0 Å². The first-order valence-corrected chi connectivity index (χ1v) is 16.6. The first-order valence-electron chi connectivity index (χ1n) is 14.4. The summed E-state index contributed by atoms with van der Waals surface area (Å²) in [4.78, 5) is 0. The maximum absolute atomic E-state index is 2.38. The van der Waals surface area contributed by atoms with Gasteiger partial charge < -0.3 is 0 Å². The molecule has 0 aliphatic heterocycles. The van der Waals surface area contributed by atoms with Gasteiger partial charge in [0.25, 0.3) is 0 Å². The summed E-state index contributed by atoms with van der Waals surface area (Å²) >= 11 is 0. The number of hydrogen-bond acceptors (Lipinski definition) is 0. The molecule has 0 aliphatic carbocycles. The third-order valence-electron chi connectivity index (χ3n) is 8.14. The maximum atomic E-state index is 2.38. The van der Waals surface area contributed by atoms with Gasteiger partial charge in [0, 0.05) is 0 Å². The molecule has 0 aromatic heterocycles. The molecule has 0 nitrogen and oxygen atoms in total. The van der Waals surface area contributed by atoms with Crippen LogP contribution in [0.3, 0.4) is 0 Å². The van der Waals surface area contributed by atoms with E-state index < -0.39 is 7.26 Å². The molecule has 0 fully saturated rings. The van der Waals surface area contributed by atoms with E-state index in [1.807, 2.05) is 0 Å². The molecule has 0 unspecified atom stereocenters. The molecule has 0 heterocycles. The molecule has 194 valence electrons. The number of rotatable bonds is 14. The fourth-order valence-electron chi connectivity index (χ4n) is 5.84. The SMILES string of the molecule is Cc1ccc(CCCCCCCCCC[PH](c2ccccc2)(c2ccccc2)c2ccccc2)cc1C. The summed E-state index contributed by atoms with van der Waals surface area (Å²) in [5.41, 5.74) is 4.34. The van der Waals surface area contributed by atoms with Crippen molar-refractivity contribution < 1.29 is 0 Å². The normalized spacial score (nSPS) is 11.9. The van der Waals surface area contributed by atoms with Crippen molar-refractivity contribution in [3.8, 4) is 0 Å². The summed E-state index contributed by atoms with van der Waals surface area (Å²) in [6.07, 6.45) is 13.3. The van der Waals surface area contributed by atoms with Crippen LogP contribution in [0.5, 0.6) is 0 Å². The van der Waals surface area contributed by atoms with Crippen LogP contribution in [-0.4, -0.2) is 6.16 Å². The van der Waals surface area contributed by atoms with Crippen molar-refractivity contribution in [2.24, 2.45) is 0 Å². The van der Waals surface area contributed by atoms with Crippen LogP contribution in [0.2, 0.25) is 0 Å². The molecule has 37 heavy (non-hydrogen) atoms. The van der Waals surface area contributed by atoms with E-state index in [0.717, 1.165) is 0 Å². The van der Waals surface area contributed by atoms with Crippen molar-refractivity contribution in [3.63, 3.8) is 0 Å². The van der Waals surface area contributed by atoms with Gasteiger partial charge in [-0.05, 0) is 25.0 Å². The van der Waals surface area contributed by atoms with Gasteiger partial charge in [-0.1, -0.05) is 6.07 Å². The first-order chi connectivity index (χ1) is 18.2. The van der Waals surface area contributed by atoms with E-state index in [0.29, 0.717) is 0 Å². The summed E-state index contributed by atoms with van der Waals surface area (Å²) in [5.74, 6) is 0. The molecule has 4 aromatic carbocycles. The molecule has 0 aliphatic rings. The van der Waals surface area contributed by atoms with Gasteiger partial charge in [-0.2, -0.15) is 0 Å². The minimum Gasteiger partial charge on any atom is -0.0479 e. The molecule has 1 heteroatoms. The average Bonchev–Trinajstić information content (AvgIpc) is 2.95. The second-order valence-corrected chi connectivity index (χ2v) is 14.8. The van der Waals surface area contributed by atoms with Crippen LogP contribution in [0.15, 0.2) is 109 Å². The van der Waals surface area contributed by atoms with E-state index in [1.54, 1.807) is 0 Å². The zero-order valence-corrected chi connectivity index (χ0v) is 24.0. The zero-order chi connectivity index (χ0) is 25.8. The van der Waals surface area contributed by atoms with Gasteiger partial charge in [0.2, 0.25) is 0 Å². The summed E-state index contributed by atoms with van der Waals surface area (Å²) in [6, 6.07) is 41.0. The molecule has 0 saturated heterocycles. The second kappa shape index (κ2) is 14.3. The quantitative estimate of drug-likeness (QED) is 0.118. The van der Waals surface area contributed by atoms with Crippen molar-refractivity contribution in [1.82, 2.24) is 0 Å². The van der Waals surface area contributed by atoms with Gasteiger partial charge in [0.05, 0.1) is 0 Å². The topological polar surface area (TPSA) is 0 Å². The molecular weight excluding hydrogens is 463 g/mol. The Morgan fingerprint density at radius 2 is 0.865 bits per heavy atom. The van der Waals surface area contributed by atoms with Crippen LogP contribution in [-0.2, 0) is 6.42 Å². The minimum absolute atomic E-state index is 1.23. The first kappa shape index (κ1) is 27.3. The standard InChI is InChI=1S/C36H45P/c1-31-27-28-33(30-32(31)2)20-12-7-5-3-4-6-8-19-29-37(34-21-13-9-14-22-34,35-23-15-10-16-24-35)36-25-17-11-18-26-36/h9-11,13-18,21-28,30,37H,3-8,12,19-20,29H2,1-2H3. The molecule has 4 aromatic rings. The number of aryl methyl sites for hydroxylation is 3. The fraction of sp³-hybridized carbons (Fsp3) is 0.333. The fourth-order valence-corrected chi connectivity index (χ4v) is 10.8. The Balaban J connectivity index is 1.28. The number of benzene rings is 4. The predicted octanol–water partition coefficient (Wildman–Crippen LogP) is 8.69. The Morgan fingerprint density at radius 1 is 0.432 bits per heavy atom. The van der Waals surface area contributed by atoms with Gasteiger partial charge in [-0.3, -0.25) is 0 Å². The van der Waals surface area contributed by atoms with Crippen molar-refractivity contribution in [2.45, 2.75) is 71.6 Å². The summed E-state index contributed by atoms with van der Waals surface area (Å²) < 4.78 is 0. The molecule has 0 bridgehead atoms. The van der Waals surface area contributed by atoms with Crippen molar-refractivity contribution in [1.29, 1.82) is 0 Å². The third-order valence-corrected chi connectivity index (χ3v) is 13.2. The van der Waals surface area contributed by atoms with E-state index in [2.05, 4.69) is 123 Å². The van der Waals surface area contributed by atoms with Crippen LogP contribution < -0.4 is 15.9 Å². The molecule has 0 saturated carbocycles. The molecular formula is C36H45P. The van der Waals surface area contributed by atoms with E-state index in [-0.39, 0.29) is 0 Å². The molecule has 0 atom stereocenters. The Hall–Kier alpha value is -2.69. The van der Waals surface area contributed by atoms with Crippen molar-refractivity contribution in [2.75, 3.05) is 6.16 Å². The predicted molar refractivity (Wildman–Crippen MR) is 168 cm³/mol. The number of hydrogen-bond donors (Lipinski definition) is 0. The molecule has 0 spiro atoms. The van der Waals surface area contributed by atoms with Gasteiger partial charge in [0.15, 0.2) is 0 Å². The summed E-state index contributed by atoms with van der Waals surface area (Å²) in [7, 11) is -2.05. The molecule has 0 radical (unpaired) electrons. The summed E-state index contributed by atoms with van der Waals surface area (Å²) in [6.45, 7) is 4.43. The van der Waals surface area contributed by atoms with E-state index >= 15 is 0 Å². The van der Waals surface area contributed by atoms with Gasteiger partial charge in [-0.15, -0.1) is 0 Å². The van der Waals surface area contributed by atoms with Crippen LogP contribution in [0, 0.1) is 13.8 Å². The van der Waals surface area contributed by atoms with E-state index in [4.69, 9.17) is 0 Å². The van der Waals surface area contributed by atoms with Crippen molar-refractivity contribution >= 4 is 23.2 Å². The van der Waals surface area contributed by atoms with Gasteiger partial charge >= 0.3 is 196 Å². The molecule has 0 N–H and O–H groups in total. The summed E-state index contributed by atoms with van der Waals surface area (Å²) in [5, 5.41) is 4.61. The van der Waals surface area contributed by atoms with E-state index in [1.165, 1.54) is 96.6 Å². The van der Waals surface area contributed by atoms with Crippen LogP contribution in [0.4, 0.5) is 0 Å². The Bertz CT molecular complexity index is 1080. The molecule has 0 amide bonds. The Labute approximate surface area is 226 Å². The minimum atomic E-state index is -2.05. The van der Waals surface area contributed by atoms with Gasteiger partial charge in [-0.25, -0.2) is 0 Å². The van der Waals surface area contributed by atoms with E-state index in [9.17, 15) is 0 Å². The monoisotopic (exact) mass is 508 g/mol. The van der Waals surface area contributed by atoms with Crippen molar-refractivity contribution in [3.05, 3.63) is 126 Å². The Kier molecular flexibility index (Phi) is 10.6. The van der Waals surface area contributed by atoms with Crippen LogP contribution in [0.25, 0.3) is 0 Å².